The Morgan fingerprint density at radius 3 is 2.57 bits per heavy atom. The summed E-state index contributed by atoms with van der Waals surface area (Å²) in [5, 5.41) is 0.722. The van der Waals surface area contributed by atoms with Crippen LogP contribution in [0.25, 0.3) is 0 Å². The van der Waals surface area contributed by atoms with E-state index in [-0.39, 0.29) is 17.4 Å². The largest absolute Gasteiger partial charge is 0.375 e. The average Bonchev–Trinajstić information content (AvgIpc) is 2.98. The van der Waals surface area contributed by atoms with Gasteiger partial charge in [-0.1, -0.05) is 36.6 Å². The zero-order valence-electron chi connectivity index (χ0n) is 12.5. The summed E-state index contributed by atoms with van der Waals surface area (Å²) in [6, 6.07) is 7.84. The molecule has 1 saturated heterocycles. The van der Waals surface area contributed by atoms with E-state index in [4.69, 9.17) is 16.3 Å². The van der Waals surface area contributed by atoms with Crippen LogP contribution >= 0.6 is 11.6 Å². The molecule has 3 rings (SSSR count). The summed E-state index contributed by atoms with van der Waals surface area (Å²) in [6.45, 7) is 4.08. The van der Waals surface area contributed by atoms with Crippen LogP contribution in [-0.4, -0.2) is 36.6 Å². The Morgan fingerprint density at radius 1 is 1.29 bits per heavy atom. The number of carbonyl (C=O) groups is 1. The molecule has 1 amide bonds. The van der Waals surface area contributed by atoms with E-state index in [1.54, 1.807) is 0 Å². The van der Waals surface area contributed by atoms with E-state index in [9.17, 15) is 4.79 Å². The maximum absolute atomic E-state index is 13.2. The molecule has 4 heteroatoms. The summed E-state index contributed by atoms with van der Waals surface area (Å²) in [5.74, 6) is 0.275. The van der Waals surface area contributed by atoms with E-state index in [1.807, 2.05) is 36.1 Å². The number of halogens is 1. The maximum atomic E-state index is 13.2. The fourth-order valence-electron chi connectivity index (χ4n) is 3.68. The highest BCUT2D eigenvalue weighted by atomic mass is 35.5. The second kappa shape index (κ2) is 5.98. The molecule has 1 aliphatic heterocycles. The Hall–Kier alpha value is -1.06. The first-order valence-corrected chi connectivity index (χ1v) is 8.17. The van der Waals surface area contributed by atoms with Gasteiger partial charge in [-0.15, -0.1) is 0 Å². The monoisotopic (exact) mass is 307 g/mol. The predicted molar refractivity (Wildman–Crippen MR) is 83.6 cm³/mol. The lowest BCUT2D eigenvalue weighted by atomic mass is 9.77. The first-order chi connectivity index (χ1) is 10.1. The van der Waals surface area contributed by atoms with Crippen molar-refractivity contribution in [2.24, 2.45) is 0 Å². The number of carbonyl (C=O) groups excluding carboxylic acids is 1. The smallest absolute Gasteiger partial charge is 0.233 e. The SMILES string of the molecule is CC1CN(C(=O)C2(c3ccc(Cl)cc3)CCCC2)CCO1. The summed E-state index contributed by atoms with van der Waals surface area (Å²) >= 11 is 6.00. The number of nitrogens with zero attached hydrogens (tertiary/aromatic N) is 1. The standard InChI is InChI=1S/C17H22ClNO2/c1-13-12-19(10-11-21-13)16(20)17(8-2-3-9-17)14-4-6-15(18)7-5-14/h4-7,13H,2-3,8-12H2,1H3. The van der Waals surface area contributed by atoms with Gasteiger partial charge in [-0.05, 0) is 37.5 Å². The van der Waals surface area contributed by atoms with Crippen molar-refractivity contribution < 1.29 is 9.53 Å². The van der Waals surface area contributed by atoms with E-state index in [1.165, 1.54) is 0 Å². The zero-order chi connectivity index (χ0) is 14.9. The fraction of sp³-hybridized carbons (Fsp3) is 0.588. The van der Waals surface area contributed by atoms with E-state index in [2.05, 4.69) is 0 Å². The third-order valence-electron chi connectivity index (χ3n) is 4.79. The van der Waals surface area contributed by atoms with Crippen molar-refractivity contribution in [1.82, 2.24) is 4.90 Å². The van der Waals surface area contributed by atoms with Crippen molar-refractivity contribution in [3.05, 3.63) is 34.9 Å². The summed E-state index contributed by atoms with van der Waals surface area (Å²) in [4.78, 5) is 15.2. The van der Waals surface area contributed by atoms with E-state index in [0.717, 1.165) is 36.3 Å². The molecule has 0 spiro atoms. The normalized spacial score (nSPS) is 25.0. The highest BCUT2D eigenvalue weighted by Crippen LogP contribution is 2.43. The molecular formula is C17H22ClNO2. The number of benzene rings is 1. The fourth-order valence-corrected chi connectivity index (χ4v) is 3.81. The molecular weight excluding hydrogens is 286 g/mol. The van der Waals surface area contributed by atoms with Gasteiger partial charge in [0, 0.05) is 18.1 Å². The Kier molecular flexibility index (Phi) is 4.23. The van der Waals surface area contributed by atoms with Crippen LogP contribution in [0.5, 0.6) is 0 Å². The maximum Gasteiger partial charge on any atom is 0.233 e. The number of amides is 1. The van der Waals surface area contributed by atoms with Crippen LogP contribution < -0.4 is 0 Å². The molecule has 0 aromatic heterocycles. The predicted octanol–water partition coefficient (Wildman–Crippen LogP) is 3.40. The lowest BCUT2D eigenvalue weighted by Crippen LogP contribution is -2.51. The lowest BCUT2D eigenvalue weighted by molar-refractivity contribution is -0.144. The van der Waals surface area contributed by atoms with Crippen LogP contribution in [0, 0.1) is 0 Å². The van der Waals surface area contributed by atoms with Crippen molar-refractivity contribution in [3.8, 4) is 0 Å². The van der Waals surface area contributed by atoms with Gasteiger partial charge in [0.05, 0.1) is 18.1 Å². The molecule has 0 bridgehead atoms. The van der Waals surface area contributed by atoms with Gasteiger partial charge in [-0.25, -0.2) is 0 Å². The van der Waals surface area contributed by atoms with Crippen LogP contribution in [0.15, 0.2) is 24.3 Å². The lowest BCUT2D eigenvalue weighted by Gasteiger charge is -2.38. The average molecular weight is 308 g/mol. The van der Waals surface area contributed by atoms with Gasteiger partial charge in [0.2, 0.25) is 5.91 Å². The quantitative estimate of drug-likeness (QED) is 0.838. The third kappa shape index (κ3) is 2.82. The van der Waals surface area contributed by atoms with Crippen molar-refractivity contribution in [1.29, 1.82) is 0 Å². The van der Waals surface area contributed by atoms with Crippen molar-refractivity contribution >= 4 is 17.5 Å². The van der Waals surface area contributed by atoms with E-state index < -0.39 is 0 Å². The zero-order valence-corrected chi connectivity index (χ0v) is 13.2. The Morgan fingerprint density at radius 2 is 1.95 bits per heavy atom. The van der Waals surface area contributed by atoms with Gasteiger partial charge in [0.25, 0.3) is 0 Å². The molecule has 1 atom stereocenters. The number of morpholine rings is 1. The minimum absolute atomic E-state index is 0.131. The first kappa shape index (κ1) is 14.9. The molecule has 1 unspecified atom stereocenters. The van der Waals surface area contributed by atoms with Crippen LogP contribution in [0.3, 0.4) is 0 Å². The van der Waals surface area contributed by atoms with Gasteiger partial charge in [0.1, 0.15) is 0 Å². The molecule has 0 N–H and O–H groups in total. The van der Waals surface area contributed by atoms with Gasteiger partial charge in [-0.3, -0.25) is 4.79 Å². The second-order valence-corrected chi connectivity index (χ2v) is 6.67. The third-order valence-corrected chi connectivity index (χ3v) is 5.04. The molecule has 1 saturated carbocycles. The molecule has 2 aliphatic rings. The molecule has 1 heterocycles. The van der Waals surface area contributed by atoms with Crippen molar-refractivity contribution in [3.63, 3.8) is 0 Å². The van der Waals surface area contributed by atoms with Gasteiger partial charge >= 0.3 is 0 Å². The van der Waals surface area contributed by atoms with E-state index in [0.29, 0.717) is 19.7 Å². The Balaban J connectivity index is 1.89. The number of ether oxygens (including phenoxy) is 1. The van der Waals surface area contributed by atoms with Crippen molar-refractivity contribution in [2.45, 2.75) is 44.1 Å². The summed E-state index contributed by atoms with van der Waals surface area (Å²) in [5.41, 5.74) is 0.773. The minimum atomic E-state index is -0.346. The summed E-state index contributed by atoms with van der Waals surface area (Å²) < 4.78 is 5.56. The molecule has 1 aliphatic carbocycles. The van der Waals surface area contributed by atoms with Crippen LogP contribution in [-0.2, 0) is 14.9 Å². The van der Waals surface area contributed by atoms with Gasteiger partial charge < -0.3 is 9.64 Å². The number of rotatable bonds is 2. The number of hydrogen-bond donors (Lipinski definition) is 0. The van der Waals surface area contributed by atoms with E-state index >= 15 is 0 Å². The molecule has 2 fully saturated rings. The highest BCUT2D eigenvalue weighted by Gasteiger charge is 2.45. The van der Waals surface area contributed by atoms with Gasteiger partial charge in [-0.2, -0.15) is 0 Å². The molecule has 21 heavy (non-hydrogen) atoms. The molecule has 1 aromatic carbocycles. The van der Waals surface area contributed by atoms with Crippen LogP contribution in [0.2, 0.25) is 5.02 Å². The van der Waals surface area contributed by atoms with Crippen molar-refractivity contribution in [2.75, 3.05) is 19.7 Å². The van der Waals surface area contributed by atoms with Crippen LogP contribution in [0.1, 0.15) is 38.2 Å². The summed E-state index contributed by atoms with van der Waals surface area (Å²) in [7, 11) is 0. The molecule has 3 nitrogen and oxygen atoms in total. The highest BCUT2D eigenvalue weighted by molar-refractivity contribution is 6.30. The Bertz CT molecular complexity index is 508. The first-order valence-electron chi connectivity index (χ1n) is 7.79. The van der Waals surface area contributed by atoms with Crippen LogP contribution in [0.4, 0.5) is 0 Å². The number of hydrogen-bond acceptors (Lipinski definition) is 2. The second-order valence-electron chi connectivity index (χ2n) is 6.23. The molecule has 114 valence electrons. The molecule has 1 aromatic rings. The topological polar surface area (TPSA) is 29.5 Å². The Labute approximate surface area is 131 Å². The summed E-state index contributed by atoms with van der Waals surface area (Å²) in [6.07, 6.45) is 4.26. The molecule has 0 radical (unpaired) electrons. The van der Waals surface area contributed by atoms with Gasteiger partial charge in [0.15, 0.2) is 0 Å². The minimum Gasteiger partial charge on any atom is -0.375 e.